The summed E-state index contributed by atoms with van der Waals surface area (Å²) in [7, 11) is 0. The Hall–Kier alpha value is -2.41. The highest BCUT2D eigenvalue weighted by atomic mass is 16.5. The van der Waals surface area contributed by atoms with Crippen LogP contribution in [0.1, 0.15) is 62.8 Å². The van der Waals surface area contributed by atoms with Gasteiger partial charge in [0, 0.05) is 43.3 Å². The van der Waals surface area contributed by atoms with Gasteiger partial charge < -0.3 is 19.4 Å². The molecule has 2 aromatic rings. The lowest BCUT2D eigenvalue weighted by Crippen LogP contribution is -2.38. The van der Waals surface area contributed by atoms with Crippen molar-refractivity contribution < 1.29 is 13.9 Å². The Kier molecular flexibility index (Phi) is 5.58. The van der Waals surface area contributed by atoms with Crippen molar-refractivity contribution in [3.63, 3.8) is 0 Å². The maximum Gasteiger partial charge on any atom is 0.321 e. The van der Waals surface area contributed by atoms with E-state index in [9.17, 15) is 4.79 Å². The van der Waals surface area contributed by atoms with Gasteiger partial charge in [-0.15, -0.1) is 10.2 Å². The number of nitrogens with zero attached hydrogens (tertiary/aromatic N) is 3. The zero-order valence-corrected chi connectivity index (χ0v) is 17.5. The molecular formula is C22H30N4O3. The van der Waals surface area contributed by atoms with E-state index < -0.39 is 0 Å². The van der Waals surface area contributed by atoms with Crippen LogP contribution in [0.5, 0.6) is 0 Å². The third kappa shape index (κ3) is 4.01. The Morgan fingerprint density at radius 2 is 2.10 bits per heavy atom. The molecule has 2 aliphatic rings. The fourth-order valence-corrected chi connectivity index (χ4v) is 4.44. The number of rotatable bonds is 4. The van der Waals surface area contributed by atoms with E-state index in [0.29, 0.717) is 38.1 Å². The molecule has 7 heteroatoms. The fraction of sp³-hybridized carbons (Fsp3) is 0.591. The molecule has 2 amide bonds. The van der Waals surface area contributed by atoms with Gasteiger partial charge >= 0.3 is 6.03 Å². The van der Waals surface area contributed by atoms with Crippen LogP contribution in [0.25, 0.3) is 0 Å². The molecule has 1 aromatic carbocycles. The van der Waals surface area contributed by atoms with Crippen molar-refractivity contribution in [3.05, 3.63) is 41.6 Å². The number of hydrogen-bond donors (Lipinski definition) is 1. The number of amides is 2. The summed E-state index contributed by atoms with van der Waals surface area (Å²) >= 11 is 0. The first-order chi connectivity index (χ1) is 14.0. The molecule has 0 bridgehead atoms. The summed E-state index contributed by atoms with van der Waals surface area (Å²) in [5.41, 5.74) is 1.97. The van der Waals surface area contributed by atoms with E-state index in [1.807, 2.05) is 36.9 Å². The molecule has 2 aliphatic heterocycles. The number of ether oxygens (including phenoxy) is 1. The molecule has 156 valence electrons. The van der Waals surface area contributed by atoms with Gasteiger partial charge in [-0.1, -0.05) is 32.9 Å². The zero-order valence-electron chi connectivity index (χ0n) is 17.5. The maximum absolute atomic E-state index is 13.0. The highest BCUT2D eigenvalue weighted by Crippen LogP contribution is 2.49. The van der Waals surface area contributed by atoms with Crippen molar-refractivity contribution in [2.75, 3.05) is 31.6 Å². The summed E-state index contributed by atoms with van der Waals surface area (Å²) in [6.07, 6.45) is 2.73. The Bertz CT molecular complexity index is 857. The lowest BCUT2D eigenvalue weighted by Gasteiger charge is -2.36. The molecule has 1 spiro atoms. The number of anilines is 1. The molecule has 0 saturated carbocycles. The van der Waals surface area contributed by atoms with Gasteiger partial charge in [0.2, 0.25) is 11.8 Å². The van der Waals surface area contributed by atoms with E-state index >= 15 is 0 Å². The van der Waals surface area contributed by atoms with Crippen molar-refractivity contribution in [2.45, 2.75) is 51.9 Å². The maximum atomic E-state index is 13.0. The van der Waals surface area contributed by atoms with E-state index in [1.165, 1.54) is 5.56 Å². The fourth-order valence-electron chi connectivity index (χ4n) is 4.44. The minimum atomic E-state index is -0.0739. The van der Waals surface area contributed by atoms with E-state index in [2.05, 4.69) is 28.5 Å². The second-order valence-electron chi connectivity index (χ2n) is 8.53. The van der Waals surface area contributed by atoms with E-state index in [1.54, 1.807) is 0 Å². The quantitative estimate of drug-likeness (QED) is 0.835. The number of carbonyl (C=O) groups is 1. The first kappa shape index (κ1) is 19.9. The molecular weight excluding hydrogens is 368 g/mol. The predicted octanol–water partition coefficient (Wildman–Crippen LogP) is 4.18. The standard InChI is InChI=1S/C22H30N4O3/c1-4-16-6-5-7-17(12-16)23-21(27)26-13-18(20-25-24-19(29-20)15(2)3)22(14-26)8-10-28-11-9-22/h5-7,12,15,18H,4,8-11,13-14H2,1-3H3,(H,23,27). The summed E-state index contributed by atoms with van der Waals surface area (Å²) in [6.45, 7) is 8.86. The first-order valence-electron chi connectivity index (χ1n) is 10.6. The van der Waals surface area contributed by atoms with Crippen LogP contribution in [-0.2, 0) is 11.2 Å². The number of urea groups is 1. The van der Waals surface area contributed by atoms with Gasteiger partial charge in [0.15, 0.2) is 0 Å². The molecule has 3 heterocycles. The van der Waals surface area contributed by atoms with Gasteiger partial charge in [0.1, 0.15) is 0 Å². The van der Waals surface area contributed by atoms with E-state index in [4.69, 9.17) is 9.15 Å². The Labute approximate surface area is 171 Å². The second kappa shape index (κ2) is 8.14. The van der Waals surface area contributed by atoms with Gasteiger partial charge in [0.25, 0.3) is 0 Å². The van der Waals surface area contributed by atoms with E-state index in [-0.39, 0.29) is 23.3 Å². The van der Waals surface area contributed by atoms with Gasteiger partial charge in [-0.05, 0) is 37.0 Å². The molecule has 1 atom stereocenters. The average molecular weight is 399 g/mol. The molecule has 1 N–H and O–H groups in total. The van der Waals surface area contributed by atoms with Crippen LogP contribution in [0.4, 0.5) is 10.5 Å². The molecule has 4 rings (SSSR count). The molecule has 29 heavy (non-hydrogen) atoms. The highest BCUT2D eigenvalue weighted by Gasteiger charge is 2.51. The number of carbonyl (C=O) groups excluding carboxylic acids is 1. The third-order valence-corrected chi connectivity index (χ3v) is 6.26. The molecule has 7 nitrogen and oxygen atoms in total. The van der Waals surface area contributed by atoms with Gasteiger partial charge in [0.05, 0.1) is 5.92 Å². The summed E-state index contributed by atoms with van der Waals surface area (Å²) in [6, 6.07) is 7.94. The number of likely N-dealkylation sites (tertiary alicyclic amines) is 1. The van der Waals surface area contributed by atoms with Crippen molar-refractivity contribution in [1.29, 1.82) is 0 Å². The van der Waals surface area contributed by atoms with Gasteiger partial charge in [-0.2, -0.15) is 0 Å². The van der Waals surface area contributed by atoms with Crippen LogP contribution < -0.4 is 5.32 Å². The lowest BCUT2D eigenvalue weighted by molar-refractivity contribution is 0.0101. The van der Waals surface area contributed by atoms with E-state index in [0.717, 1.165) is 24.9 Å². The molecule has 0 aliphatic carbocycles. The average Bonchev–Trinajstić information content (AvgIpc) is 3.34. The Morgan fingerprint density at radius 3 is 2.79 bits per heavy atom. The van der Waals surface area contributed by atoms with Crippen molar-refractivity contribution in [1.82, 2.24) is 15.1 Å². The number of hydrogen-bond acceptors (Lipinski definition) is 5. The minimum Gasteiger partial charge on any atom is -0.425 e. The Morgan fingerprint density at radius 1 is 1.31 bits per heavy atom. The number of benzene rings is 1. The van der Waals surface area contributed by atoms with Crippen molar-refractivity contribution >= 4 is 11.7 Å². The zero-order chi connectivity index (χ0) is 20.4. The molecule has 2 saturated heterocycles. The number of nitrogens with one attached hydrogen (secondary N) is 1. The van der Waals surface area contributed by atoms with Crippen molar-refractivity contribution in [2.24, 2.45) is 5.41 Å². The summed E-state index contributed by atoms with van der Waals surface area (Å²) in [4.78, 5) is 14.9. The highest BCUT2D eigenvalue weighted by molar-refractivity contribution is 5.89. The van der Waals surface area contributed by atoms with Crippen LogP contribution in [0.3, 0.4) is 0 Å². The third-order valence-electron chi connectivity index (χ3n) is 6.26. The molecule has 1 unspecified atom stereocenters. The van der Waals surface area contributed by atoms with Crippen LogP contribution in [0.2, 0.25) is 0 Å². The molecule has 2 fully saturated rings. The second-order valence-corrected chi connectivity index (χ2v) is 8.53. The lowest BCUT2D eigenvalue weighted by atomic mass is 9.72. The normalized spacial score (nSPS) is 21.1. The van der Waals surface area contributed by atoms with Crippen LogP contribution >= 0.6 is 0 Å². The predicted molar refractivity (Wildman–Crippen MR) is 110 cm³/mol. The number of aromatic nitrogens is 2. The Balaban J connectivity index is 1.55. The van der Waals surface area contributed by atoms with Gasteiger partial charge in [-0.3, -0.25) is 0 Å². The largest absolute Gasteiger partial charge is 0.425 e. The minimum absolute atomic E-state index is 0.0409. The summed E-state index contributed by atoms with van der Waals surface area (Å²) in [5, 5.41) is 11.6. The first-order valence-corrected chi connectivity index (χ1v) is 10.6. The van der Waals surface area contributed by atoms with Crippen LogP contribution in [-0.4, -0.2) is 47.4 Å². The van der Waals surface area contributed by atoms with Crippen molar-refractivity contribution in [3.8, 4) is 0 Å². The molecule has 1 aromatic heterocycles. The smallest absolute Gasteiger partial charge is 0.321 e. The topological polar surface area (TPSA) is 80.5 Å². The van der Waals surface area contributed by atoms with Crippen LogP contribution in [0, 0.1) is 5.41 Å². The number of aryl methyl sites for hydroxylation is 1. The summed E-state index contributed by atoms with van der Waals surface area (Å²) < 4.78 is 11.6. The van der Waals surface area contributed by atoms with Crippen LogP contribution in [0.15, 0.2) is 28.7 Å². The monoisotopic (exact) mass is 398 g/mol. The molecule has 0 radical (unpaired) electrons. The summed E-state index contributed by atoms with van der Waals surface area (Å²) in [5.74, 6) is 1.54. The van der Waals surface area contributed by atoms with Gasteiger partial charge in [-0.25, -0.2) is 4.79 Å². The SMILES string of the molecule is CCc1cccc(NC(=O)N2CC(c3nnc(C(C)C)o3)C3(CCOCC3)C2)c1.